The standard InChI is InChI=1S/C22H11Cl2FN2O2S/c23-13-3-6-15(17(24)9-13)19-7-8-20(29-19)21(28)16(10-26)22-27-18(11-30-22)12-1-4-14(25)5-2-12/h1-9,11,28H/b21-16-. The maximum Gasteiger partial charge on any atom is 0.179 e. The second-order valence-electron chi connectivity index (χ2n) is 6.17. The van der Waals surface area contributed by atoms with Gasteiger partial charge in [-0.3, -0.25) is 0 Å². The SMILES string of the molecule is N#C/C(=C(/O)c1ccc(-c2ccc(Cl)cc2Cl)o1)c1nc(-c2ccc(F)cc2)cs1. The molecular formula is C22H11Cl2FN2O2S. The zero-order valence-electron chi connectivity index (χ0n) is 15.1. The minimum absolute atomic E-state index is 0.0311. The fourth-order valence-corrected chi connectivity index (χ4v) is 4.09. The van der Waals surface area contributed by atoms with E-state index in [1.165, 1.54) is 23.5 Å². The lowest BCUT2D eigenvalue weighted by molar-refractivity contribution is 0.466. The molecule has 0 aliphatic carbocycles. The number of halogens is 3. The average molecular weight is 457 g/mol. The van der Waals surface area contributed by atoms with Gasteiger partial charge in [0.05, 0.1) is 10.7 Å². The fraction of sp³-hybridized carbons (Fsp3) is 0. The molecule has 0 atom stereocenters. The van der Waals surface area contributed by atoms with Crippen LogP contribution in [0.15, 0.2) is 64.4 Å². The molecule has 4 aromatic rings. The Hall–Kier alpha value is -3.11. The van der Waals surface area contributed by atoms with Gasteiger partial charge in [-0.05, 0) is 54.6 Å². The molecular weight excluding hydrogens is 446 g/mol. The van der Waals surface area contributed by atoms with Crippen LogP contribution in [0.5, 0.6) is 0 Å². The van der Waals surface area contributed by atoms with Gasteiger partial charge in [0.2, 0.25) is 0 Å². The van der Waals surface area contributed by atoms with Crippen LogP contribution < -0.4 is 0 Å². The molecule has 8 heteroatoms. The van der Waals surface area contributed by atoms with Gasteiger partial charge in [0.25, 0.3) is 0 Å². The average Bonchev–Trinajstić information content (AvgIpc) is 3.39. The van der Waals surface area contributed by atoms with Gasteiger partial charge < -0.3 is 9.52 Å². The number of hydrogen-bond donors (Lipinski definition) is 1. The number of aromatic nitrogens is 1. The number of nitrogens with zero attached hydrogens (tertiary/aromatic N) is 2. The van der Waals surface area contributed by atoms with Crippen LogP contribution >= 0.6 is 34.5 Å². The molecule has 0 bridgehead atoms. The number of thiazole rings is 1. The number of furan rings is 1. The highest BCUT2D eigenvalue weighted by Gasteiger charge is 2.19. The van der Waals surface area contributed by atoms with Gasteiger partial charge in [-0.15, -0.1) is 11.3 Å². The van der Waals surface area contributed by atoms with E-state index in [9.17, 15) is 14.8 Å². The number of benzene rings is 2. The van der Waals surface area contributed by atoms with E-state index < -0.39 is 0 Å². The lowest BCUT2D eigenvalue weighted by atomic mass is 10.1. The Kier molecular flexibility index (Phi) is 5.60. The van der Waals surface area contributed by atoms with E-state index in [1.807, 2.05) is 6.07 Å². The van der Waals surface area contributed by atoms with Crippen LogP contribution in [-0.2, 0) is 0 Å². The van der Waals surface area contributed by atoms with Crippen molar-refractivity contribution in [1.29, 1.82) is 5.26 Å². The first-order valence-corrected chi connectivity index (χ1v) is 10.2. The molecule has 0 saturated heterocycles. The molecule has 0 aliphatic rings. The highest BCUT2D eigenvalue weighted by atomic mass is 35.5. The molecule has 2 heterocycles. The van der Waals surface area contributed by atoms with Crippen molar-refractivity contribution in [3.8, 4) is 28.7 Å². The first-order valence-electron chi connectivity index (χ1n) is 8.57. The van der Waals surface area contributed by atoms with Gasteiger partial charge in [0.1, 0.15) is 28.2 Å². The zero-order valence-corrected chi connectivity index (χ0v) is 17.4. The summed E-state index contributed by atoms with van der Waals surface area (Å²) in [7, 11) is 0. The third kappa shape index (κ3) is 3.96. The van der Waals surface area contributed by atoms with Crippen molar-refractivity contribution in [2.45, 2.75) is 0 Å². The van der Waals surface area contributed by atoms with E-state index in [2.05, 4.69) is 4.98 Å². The van der Waals surface area contributed by atoms with Crippen LogP contribution in [0.1, 0.15) is 10.8 Å². The molecule has 2 aromatic heterocycles. The minimum Gasteiger partial charge on any atom is -0.503 e. The van der Waals surface area contributed by atoms with Crippen LogP contribution in [0.2, 0.25) is 10.0 Å². The van der Waals surface area contributed by atoms with Gasteiger partial charge in [-0.1, -0.05) is 23.2 Å². The van der Waals surface area contributed by atoms with Crippen LogP contribution in [0, 0.1) is 17.1 Å². The molecule has 0 saturated carbocycles. The maximum absolute atomic E-state index is 13.1. The summed E-state index contributed by atoms with van der Waals surface area (Å²) in [6.45, 7) is 0. The third-order valence-corrected chi connectivity index (χ3v) is 5.65. The summed E-state index contributed by atoms with van der Waals surface area (Å²) in [6, 6.07) is 16.0. The Morgan fingerprint density at radius 2 is 1.87 bits per heavy atom. The van der Waals surface area contributed by atoms with Crippen molar-refractivity contribution in [2.24, 2.45) is 0 Å². The highest BCUT2D eigenvalue weighted by molar-refractivity contribution is 7.11. The summed E-state index contributed by atoms with van der Waals surface area (Å²) in [5.41, 5.74) is 1.85. The number of allylic oxidation sites excluding steroid dienone is 1. The van der Waals surface area contributed by atoms with Crippen LogP contribution in [-0.4, -0.2) is 10.1 Å². The van der Waals surface area contributed by atoms with Gasteiger partial charge >= 0.3 is 0 Å². The van der Waals surface area contributed by atoms with E-state index in [4.69, 9.17) is 27.6 Å². The summed E-state index contributed by atoms with van der Waals surface area (Å²) < 4.78 is 18.8. The van der Waals surface area contributed by atoms with Gasteiger partial charge in [-0.25, -0.2) is 9.37 Å². The van der Waals surface area contributed by atoms with Crippen LogP contribution in [0.25, 0.3) is 33.9 Å². The number of aliphatic hydroxyl groups is 1. The predicted octanol–water partition coefficient (Wildman–Crippen LogP) is 7.47. The Morgan fingerprint density at radius 1 is 1.10 bits per heavy atom. The van der Waals surface area contributed by atoms with Crippen molar-refractivity contribution >= 4 is 45.9 Å². The molecule has 0 amide bonds. The quantitative estimate of drug-likeness (QED) is 0.255. The number of hydrogen-bond acceptors (Lipinski definition) is 5. The molecule has 1 N–H and O–H groups in total. The zero-order chi connectivity index (χ0) is 21.3. The third-order valence-electron chi connectivity index (χ3n) is 4.24. The molecule has 0 unspecified atom stereocenters. The second-order valence-corrected chi connectivity index (χ2v) is 7.87. The van der Waals surface area contributed by atoms with E-state index in [-0.39, 0.29) is 22.9 Å². The molecule has 148 valence electrons. The normalized spacial score (nSPS) is 11.8. The summed E-state index contributed by atoms with van der Waals surface area (Å²) in [6.07, 6.45) is 0. The molecule has 2 aromatic carbocycles. The summed E-state index contributed by atoms with van der Waals surface area (Å²) in [5, 5.41) is 23.2. The van der Waals surface area contributed by atoms with E-state index in [0.29, 0.717) is 37.6 Å². The molecule has 0 aliphatic heterocycles. The Labute approximate surface area is 185 Å². The lowest BCUT2D eigenvalue weighted by Gasteiger charge is -2.02. The first kappa shape index (κ1) is 20.2. The molecule has 0 fully saturated rings. The Bertz CT molecular complexity index is 1300. The van der Waals surface area contributed by atoms with Gasteiger partial charge in [-0.2, -0.15) is 5.26 Å². The van der Waals surface area contributed by atoms with Crippen molar-refractivity contribution < 1.29 is 13.9 Å². The first-order chi connectivity index (χ1) is 14.5. The maximum atomic E-state index is 13.1. The number of nitriles is 1. The summed E-state index contributed by atoms with van der Waals surface area (Å²) >= 11 is 13.3. The van der Waals surface area contributed by atoms with E-state index in [0.717, 1.165) is 0 Å². The van der Waals surface area contributed by atoms with Crippen molar-refractivity contribution in [1.82, 2.24) is 4.98 Å². The molecule has 30 heavy (non-hydrogen) atoms. The summed E-state index contributed by atoms with van der Waals surface area (Å²) in [5.74, 6) is -0.166. The summed E-state index contributed by atoms with van der Waals surface area (Å²) in [4.78, 5) is 4.39. The van der Waals surface area contributed by atoms with E-state index in [1.54, 1.807) is 47.8 Å². The predicted molar refractivity (Wildman–Crippen MR) is 117 cm³/mol. The van der Waals surface area contributed by atoms with Crippen LogP contribution in [0.3, 0.4) is 0 Å². The van der Waals surface area contributed by atoms with Crippen molar-refractivity contribution in [3.63, 3.8) is 0 Å². The fourth-order valence-electron chi connectivity index (χ4n) is 2.77. The molecule has 0 radical (unpaired) electrons. The largest absolute Gasteiger partial charge is 0.503 e. The molecule has 4 rings (SSSR count). The van der Waals surface area contributed by atoms with E-state index >= 15 is 0 Å². The lowest BCUT2D eigenvalue weighted by Crippen LogP contribution is -1.89. The smallest absolute Gasteiger partial charge is 0.179 e. The number of rotatable bonds is 4. The monoisotopic (exact) mass is 456 g/mol. The van der Waals surface area contributed by atoms with Crippen LogP contribution in [0.4, 0.5) is 4.39 Å². The highest BCUT2D eigenvalue weighted by Crippen LogP contribution is 2.35. The molecule has 0 spiro atoms. The van der Waals surface area contributed by atoms with Crippen molar-refractivity contribution in [2.75, 3.05) is 0 Å². The van der Waals surface area contributed by atoms with Gasteiger partial charge in [0, 0.05) is 21.5 Å². The number of aliphatic hydroxyl groups excluding tert-OH is 1. The van der Waals surface area contributed by atoms with Gasteiger partial charge in [0.15, 0.2) is 11.5 Å². The Balaban J connectivity index is 1.69. The molecule has 4 nitrogen and oxygen atoms in total. The minimum atomic E-state index is -0.348. The Morgan fingerprint density at radius 3 is 2.57 bits per heavy atom. The topological polar surface area (TPSA) is 70.0 Å². The second kappa shape index (κ2) is 8.33. The van der Waals surface area contributed by atoms with Crippen molar-refractivity contribution in [3.05, 3.63) is 86.6 Å².